The van der Waals surface area contributed by atoms with Gasteiger partial charge in [-0.25, -0.2) is 0 Å². The molecule has 1 fully saturated rings. The van der Waals surface area contributed by atoms with Crippen molar-refractivity contribution in [2.45, 2.75) is 84.5 Å². The van der Waals surface area contributed by atoms with E-state index in [0.29, 0.717) is 60.8 Å². The highest BCUT2D eigenvalue weighted by Crippen LogP contribution is 2.56. The molecule has 0 radical (unpaired) electrons. The van der Waals surface area contributed by atoms with Gasteiger partial charge >= 0.3 is 0 Å². The molecule has 0 heterocycles. The summed E-state index contributed by atoms with van der Waals surface area (Å²) < 4.78 is 5.82. The van der Waals surface area contributed by atoms with E-state index < -0.39 is 24.6 Å². The standard InChI is InChI=1S/C37H37NO7/c1-5-8-21-22-11-16(2)25(17(3)41)34-33-28(22)31-26(18(14-39)12-23(42)29(31)35(21)38-20-9-6-7-10-20)27-19(15-40)13-24(43)30(32(27)33)36(44)37(34)45-4/h11-13,20,25,38-40,44H,5-10,14-15H2,1-4H3. The van der Waals surface area contributed by atoms with Crippen molar-refractivity contribution in [2.75, 3.05) is 12.4 Å². The minimum atomic E-state index is -0.802. The molecule has 0 bridgehead atoms. The lowest BCUT2D eigenvalue weighted by Crippen LogP contribution is -2.19. The third-order valence-corrected chi connectivity index (χ3v) is 10.1. The van der Waals surface area contributed by atoms with Gasteiger partial charge in [0.1, 0.15) is 5.78 Å². The number of rotatable bonds is 8. The maximum atomic E-state index is 14.2. The van der Waals surface area contributed by atoms with Crippen LogP contribution in [0.5, 0.6) is 11.5 Å². The van der Waals surface area contributed by atoms with Gasteiger partial charge in [0.15, 0.2) is 22.4 Å². The van der Waals surface area contributed by atoms with Crippen LogP contribution in [0.25, 0.3) is 49.2 Å². The second-order valence-electron chi connectivity index (χ2n) is 12.8. The summed E-state index contributed by atoms with van der Waals surface area (Å²) in [5.74, 6) is -1.29. The number of anilines is 1. The van der Waals surface area contributed by atoms with Crippen molar-refractivity contribution in [1.82, 2.24) is 0 Å². The number of aliphatic hydroxyl groups is 2. The van der Waals surface area contributed by atoms with Gasteiger partial charge in [0.2, 0.25) is 0 Å². The van der Waals surface area contributed by atoms with E-state index in [9.17, 15) is 29.7 Å². The topological polar surface area (TPSA) is 133 Å². The Morgan fingerprint density at radius 3 is 2.07 bits per heavy atom. The molecular weight excluding hydrogens is 570 g/mol. The number of benzene rings is 5. The first-order valence-electron chi connectivity index (χ1n) is 15.8. The lowest BCUT2D eigenvalue weighted by Gasteiger charge is -2.27. The summed E-state index contributed by atoms with van der Waals surface area (Å²) in [6, 6.07) is 2.97. The number of carbonyl (C=O) groups excluding carboxylic acids is 1. The summed E-state index contributed by atoms with van der Waals surface area (Å²) in [6.07, 6.45) is 7.66. The van der Waals surface area contributed by atoms with E-state index in [0.717, 1.165) is 54.5 Å². The van der Waals surface area contributed by atoms with Crippen LogP contribution in [0, 0.1) is 0 Å². The van der Waals surface area contributed by atoms with E-state index in [1.807, 2.05) is 13.0 Å². The molecule has 0 aliphatic heterocycles. The van der Waals surface area contributed by atoms with Gasteiger partial charge in [0.25, 0.3) is 0 Å². The van der Waals surface area contributed by atoms with Gasteiger partial charge in [-0.05, 0) is 89.0 Å². The first-order chi connectivity index (χ1) is 21.7. The van der Waals surface area contributed by atoms with Gasteiger partial charge in [0, 0.05) is 22.4 Å². The van der Waals surface area contributed by atoms with Gasteiger partial charge in [0.05, 0.1) is 42.7 Å². The normalized spacial score (nSPS) is 16.8. The number of ether oxygens (including phenoxy) is 1. The predicted molar refractivity (Wildman–Crippen MR) is 178 cm³/mol. The highest BCUT2D eigenvalue weighted by atomic mass is 16.5. The first kappa shape index (κ1) is 29.4. The van der Waals surface area contributed by atoms with E-state index >= 15 is 0 Å². The smallest absolute Gasteiger partial charge is 0.190 e. The highest BCUT2D eigenvalue weighted by Gasteiger charge is 2.37. The predicted octanol–water partition coefficient (Wildman–Crippen LogP) is 5.99. The number of ketones is 1. The maximum absolute atomic E-state index is 14.2. The molecule has 0 saturated heterocycles. The summed E-state index contributed by atoms with van der Waals surface area (Å²) in [6.45, 7) is 4.55. The van der Waals surface area contributed by atoms with Crippen molar-refractivity contribution in [3.63, 3.8) is 0 Å². The molecule has 0 amide bonds. The molecule has 2 aliphatic carbocycles. The molecule has 8 heteroatoms. The molecule has 5 aromatic carbocycles. The monoisotopic (exact) mass is 607 g/mol. The molecule has 232 valence electrons. The van der Waals surface area contributed by atoms with Gasteiger partial charge in [-0.3, -0.25) is 14.4 Å². The summed E-state index contributed by atoms with van der Waals surface area (Å²) in [4.78, 5) is 41.5. The number of phenolic OH excluding ortho intramolecular Hbond substituents is 1. The van der Waals surface area contributed by atoms with Crippen LogP contribution in [0.15, 0.2) is 27.3 Å². The van der Waals surface area contributed by atoms with Gasteiger partial charge in [-0.2, -0.15) is 0 Å². The molecule has 2 aliphatic rings. The number of phenols is 1. The average molecular weight is 608 g/mol. The number of methoxy groups -OCH3 is 1. The first-order valence-corrected chi connectivity index (χ1v) is 15.8. The summed E-state index contributed by atoms with van der Waals surface area (Å²) in [5.41, 5.74) is 3.73. The lowest BCUT2D eigenvalue weighted by molar-refractivity contribution is -0.117. The number of fused-ring (bicyclic) bond motifs is 1. The molecule has 8 nitrogen and oxygen atoms in total. The fraction of sp³-hybridized carbons (Fsp3) is 0.378. The number of aromatic hydroxyl groups is 1. The van der Waals surface area contributed by atoms with Gasteiger partial charge < -0.3 is 25.4 Å². The molecule has 7 rings (SSSR count). The second kappa shape index (κ2) is 10.7. The van der Waals surface area contributed by atoms with E-state index in [4.69, 9.17) is 4.74 Å². The summed E-state index contributed by atoms with van der Waals surface area (Å²) in [7, 11) is 1.41. The molecule has 4 N–H and O–H groups in total. The second-order valence-corrected chi connectivity index (χ2v) is 12.8. The lowest BCUT2D eigenvalue weighted by atomic mass is 9.78. The van der Waals surface area contributed by atoms with E-state index in [2.05, 4.69) is 12.2 Å². The van der Waals surface area contributed by atoms with Crippen molar-refractivity contribution >= 4 is 60.6 Å². The summed E-state index contributed by atoms with van der Waals surface area (Å²) in [5, 5.41) is 40.6. The zero-order valence-corrected chi connectivity index (χ0v) is 26.0. The highest BCUT2D eigenvalue weighted by molar-refractivity contribution is 6.39. The van der Waals surface area contributed by atoms with Crippen LogP contribution in [0.2, 0.25) is 0 Å². The number of hydrogen-bond acceptors (Lipinski definition) is 8. The molecule has 45 heavy (non-hydrogen) atoms. The molecule has 0 spiro atoms. The van der Waals surface area contributed by atoms with Crippen LogP contribution >= 0.6 is 0 Å². The van der Waals surface area contributed by atoms with Gasteiger partial charge in [-0.15, -0.1) is 0 Å². The minimum Gasteiger partial charge on any atom is -0.504 e. The number of hydrogen-bond donors (Lipinski definition) is 4. The number of Topliss-reactive ketones (excluding diaryl/α,β-unsaturated/α-hetero) is 1. The third kappa shape index (κ3) is 3.95. The zero-order chi connectivity index (χ0) is 31.9. The minimum absolute atomic E-state index is 0.0182. The Bertz CT molecular complexity index is 2210. The largest absolute Gasteiger partial charge is 0.504 e. The Morgan fingerprint density at radius 2 is 1.51 bits per heavy atom. The molecule has 1 unspecified atom stereocenters. The Hall–Kier alpha value is -4.27. The maximum Gasteiger partial charge on any atom is 0.190 e. The van der Waals surface area contributed by atoms with Crippen molar-refractivity contribution in [3.8, 4) is 11.5 Å². The van der Waals surface area contributed by atoms with Crippen molar-refractivity contribution in [1.29, 1.82) is 0 Å². The van der Waals surface area contributed by atoms with E-state index in [1.165, 1.54) is 26.2 Å². The van der Waals surface area contributed by atoms with Gasteiger partial charge in [-0.1, -0.05) is 37.8 Å². The van der Waals surface area contributed by atoms with Crippen LogP contribution < -0.4 is 20.9 Å². The quantitative estimate of drug-likeness (QED) is 0.125. The Morgan fingerprint density at radius 1 is 0.911 bits per heavy atom. The Labute approximate surface area is 259 Å². The zero-order valence-electron chi connectivity index (χ0n) is 26.0. The molecule has 1 saturated carbocycles. The SMILES string of the molecule is CCCc1c(NC2CCCC2)c2c(=O)cc(CO)c3c4c(CO)cc(=O)c5c(O)c(OC)c6c(c(c1C=C(C)C6C(C)=O)c23)c54. The van der Waals surface area contributed by atoms with E-state index in [-0.39, 0.29) is 34.1 Å². The van der Waals surface area contributed by atoms with Crippen LogP contribution in [-0.4, -0.2) is 34.3 Å². The number of nitrogens with one attached hydrogen (secondary N) is 1. The number of aliphatic hydroxyl groups excluding tert-OH is 2. The fourth-order valence-corrected chi connectivity index (χ4v) is 8.45. The van der Waals surface area contributed by atoms with E-state index in [1.54, 1.807) is 0 Å². The third-order valence-electron chi connectivity index (χ3n) is 10.1. The molecular formula is C37H37NO7. The number of allylic oxidation sites excluding steroid dienone is 1. The van der Waals surface area contributed by atoms with Crippen LogP contribution in [-0.2, 0) is 24.4 Å². The van der Waals surface area contributed by atoms with Crippen molar-refractivity contribution in [3.05, 3.63) is 66.0 Å². The molecule has 1 atom stereocenters. The average Bonchev–Trinajstić information content (AvgIpc) is 3.48. The molecule has 0 aromatic heterocycles. The fourth-order valence-electron chi connectivity index (χ4n) is 8.45. The van der Waals surface area contributed by atoms with Crippen LogP contribution in [0.1, 0.15) is 86.6 Å². The molecule has 5 aromatic rings. The Kier molecular flexibility index (Phi) is 6.98. The van der Waals surface area contributed by atoms with Crippen molar-refractivity contribution < 1.29 is 24.9 Å². The Balaban J connectivity index is 1.92. The number of carbonyl (C=O) groups is 1. The van der Waals surface area contributed by atoms with Crippen LogP contribution in [0.4, 0.5) is 5.69 Å². The summed E-state index contributed by atoms with van der Waals surface area (Å²) >= 11 is 0. The van der Waals surface area contributed by atoms with Crippen LogP contribution in [0.3, 0.4) is 0 Å². The van der Waals surface area contributed by atoms with Crippen molar-refractivity contribution in [2.24, 2.45) is 0 Å².